The number of nitrogens with two attached hydrogens (primary N) is 1. The van der Waals surface area contributed by atoms with Gasteiger partial charge in [0.15, 0.2) is 5.75 Å². The third-order valence-corrected chi connectivity index (χ3v) is 2.25. The molecule has 0 unspecified atom stereocenters. The molecular weight excluding hydrogens is 138 g/mol. The number of rotatable bonds is 5. The minimum atomic E-state index is -0.318. The van der Waals surface area contributed by atoms with Gasteiger partial charge in [0.05, 0.1) is 14.2 Å². The maximum atomic E-state index is 5.28. The van der Waals surface area contributed by atoms with Gasteiger partial charge in [-0.25, -0.2) is 0 Å². The lowest BCUT2D eigenvalue weighted by Gasteiger charge is -1.96. The van der Waals surface area contributed by atoms with Crippen molar-refractivity contribution in [2.24, 2.45) is 5.73 Å². The molecule has 56 valence electrons. The smallest absolute Gasteiger partial charge is 0.314 e. The van der Waals surface area contributed by atoms with Crippen molar-refractivity contribution in [3.05, 3.63) is 0 Å². The first-order valence-corrected chi connectivity index (χ1v) is 4.09. The van der Waals surface area contributed by atoms with Crippen LogP contribution in [0.2, 0.25) is 0 Å². The third kappa shape index (κ3) is 4.72. The summed E-state index contributed by atoms with van der Waals surface area (Å²) >= 11 is -0.318. The van der Waals surface area contributed by atoms with Gasteiger partial charge >= 0.3 is 11.5 Å². The number of hydrogen-bond acceptors (Lipinski definition) is 3. The molecule has 4 heteroatoms. The van der Waals surface area contributed by atoms with Crippen LogP contribution in [0.5, 0.6) is 0 Å². The predicted molar refractivity (Wildman–Crippen MR) is 39.9 cm³/mol. The molecule has 3 nitrogen and oxygen atoms in total. The van der Waals surface area contributed by atoms with Gasteiger partial charge in [-0.2, -0.15) is 0 Å². The van der Waals surface area contributed by atoms with E-state index in [0.717, 1.165) is 12.2 Å². The third-order valence-electron chi connectivity index (χ3n) is 0.887. The summed E-state index contributed by atoms with van der Waals surface area (Å²) in [5.41, 5.74) is 5.28. The molecule has 0 amide bonds. The molecular formula is C5H14NO2S+. The molecule has 0 bridgehead atoms. The Balaban J connectivity index is 3.09. The summed E-state index contributed by atoms with van der Waals surface area (Å²) < 4.78 is 9.90. The Labute approximate surface area is 59.3 Å². The Morgan fingerprint density at radius 1 is 1.33 bits per heavy atom. The molecule has 0 fully saturated rings. The minimum Gasteiger partial charge on any atom is -0.330 e. The lowest BCUT2D eigenvalue weighted by atomic mass is 10.5. The van der Waals surface area contributed by atoms with Crippen LogP contribution in [-0.2, 0) is 19.8 Å². The largest absolute Gasteiger partial charge is 0.330 e. The lowest BCUT2D eigenvalue weighted by molar-refractivity contribution is 0.358. The van der Waals surface area contributed by atoms with Gasteiger partial charge < -0.3 is 5.73 Å². The molecule has 9 heavy (non-hydrogen) atoms. The van der Waals surface area contributed by atoms with E-state index >= 15 is 0 Å². The SMILES string of the molecule is CO[S+](CCCN)OC. The molecule has 0 aromatic rings. The van der Waals surface area contributed by atoms with Gasteiger partial charge in [-0.3, -0.25) is 0 Å². The molecule has 2 N–H and O–H groups in total. The molecule has 0 rings (SSSR count). The van der Waals surface area contributed by atoms with E-state index in [9.17, 15) is 0 Å². The summed E-state index contributed by atoms with van der Waals surface area (Å²) in [6.45, 7) is 0.705. The quantitative estimate of drug-likeness (QED) is 0.567. The predicted octanol–water partition coefficient (Wildman–Crippen LogP) is 0.0763. The Hall–Kier alpha value is 0.230. The van der Waals surface area contributed by atoms with Crippen molar-refractivity contribution >= 4 is 11.5 Å². The van der Waals surface area contributed by atoms with Crippen LogP contribution in [0.25, 0.3) is 0 Å². The Kier molecular flexibility index (Phi) is 6.51. The van der Waals surface area contributed by atoms with E-state index in [0.29, 0.717) is 6.54 Å². The maximum Gasteiger partial charge on any atom is 0.314 e. The van der Waals surface area contributed by atoms with Gasteiger partial charge in [0.25, 0.3) is 0 Å². The van der Waals surface area contributed by atoms with Crippen molar-refractivity contribution < 1.29 is 8.37 Å². The van der Waals surface area contributed by atoms with Gasteiger partial charge in [-0.15, -0.1) is 8.37 Å². The molecule has 0 aromatic carbocycles. The zero-order valence-corrected chi connectivity index (χ0v) is 6.74. The van der Waals surface area contributed by atoms with Crippen molar-refractivity contribution in [1.82, 2.24) is 0 Å². The van der Waals surface area contributed by atoms with Crippen LogP contribution in [-0.4, -0.2) is 26.5 Å². The monoisotopic (exact) mass is 152 g/mol. The Bertz CT molecular complexity index is 58.9. The van der Waals surface area contributed by atoms with Gasteiger partial charge in [0.1, 0.15) is 0 Å². The fourth-order valence-electron chi connectivity index (χ4n) is 0.436. The first-order valence-electron chi connectivity index (χ1n) is 2.85. The highest BCUT2D eigenvalue weighted by Gasteiger charge is 2.16. The van der Waals surface area contributed by atoms with Crippen molar-refractivity contribution in [3.8, 4) is 0 Å². The maximum absolute atomic E-state index is 5.28. The van der Waals surface area contributed by atoms with E-state index in [-0.39, 0.29) is 11.5 Å². The molecule has 0 heterocycles. The zero-order chi connectivity index (χ0) is 7.11. The lowest BCUT2D eigenvalue weighted by Crippen LogP contribution is -2.14. The van der Waals surface area contributed by atoms with E-state index in [2.05, 4.69) is 0 Å². The number of hydrogen-bond donors (Lipinski definition) is 1. The van der Waals surface area contributed by atoms with Gasteiger partial charge in [0, 0.05) is 6.42 Å². The molecule has 0 spiro atoms. The molecule has 0 atom stereocenters. The van der Waals surface area contributed by atoms with Crippen molar-refractivity contribution in [2.45, 2.75) is 6.42 Å². The summed E-state index contributed by atoms with van der Waals surface area (Å²) in [5, 5.41) is 0. The van der Waals surface area contributed by atoms with Crippen LogP contribution < -0.4 is 5.73 Å². The normalized spacial score (nSPS) is 10.7. The fourth-order valence-corrected chi connectivity index (χ4v) is 1.31. The summed E-state index contributed by atoms with van der Waals surface area (Å²) in [6, 6.07) is 0. The molecule has 0 saturated carbocycles. The second-order valence-electron chi connectivity index (χ2n) is 1.48. The first kappa shape index (κ1) is 9.23. The highest BCUT2D eigenvalue weighted by Crippen LogP contribution is 1.98. The topological polar surface area (TPSA) is 44.5 Å². The summed E-state index contributed by atoms with van der Waals surface area (Å²) in [7, 11) is 3.28. The molecule has 0 aliphatic carbocycles. The Morgan fingerprint density at radius 3 is 2.22 bits per heavy atom. The van der Waals surface area contributed by atoms with Crippen LogP contribution in [0.4, 0.5) is 0 Å². The van der Waals surface area contributed by atoms with Crippen LogP contribution in [0.15, 0.2) is 0 Å². The average Bonchev–Trinajstić information content (AvgIpc) is 1.91. The standard InChI is InChI=1S/C5H14NO2S/c1-7-9(8-2)5-3-4-6/h3-6H2,1-2H3/q+1. The summed E-state index contributed by atoms with van der Waals surface area (Å²) in [6.07, 6.45) is 0.963. The van der Waals surface area contributed by atoms with E-state index in [4.69, 9.17) is 14.1 Å². The summed E-state index contributed by atoms with van der Waals surface area (Å²) in [4.78, 5) is 0. The van der Waals surface area contributed by atoms with E-state index in [1.54, 1.807) is 14.2 Å². The minimum absolute atomic E-state index is 0.318. The van der Waals surface area contributed by atoms with Crippen molar-refractivity contribution in [2.75, 3.05) is 26.5 Å². The highest BCUT2D eigenvalue weighted by molar-refractivity contribution is 7.87. The summed E-state index contributed by atoms with van der Waals surface area (Å²) in [5.74, 6) is 0.906. The van der Waals surface area contributed by atoms with Crippen LogP contribution >= 0.6 is 0 Å². The van der Waals surface area contributed by atoms with Crippen molar-refractivity contribution in [3.63, 3.8) is 0 Å². The van der Waals surface area contributed by atoms with Crippen LogP contribution in [0.3, 0.4) is 0 Å². The van der Waals surface area contributed by atoms with E-state index in [1.807, 2.05) is 0 Å². The molecule has 0 aliphatic heterocycles. The molecule has 0 aromatic heterocycles. The van der Waals surface area contributed by atoms with Gasteiger partial charge in [0.2, 0.25) is 0 Å². The van der Waals surface area contributed by atoms with Crippen LogP contribution in [0, 0.1) is 0 Å². The molecule has 0 radical (unpaired) electrons. The first-order chi connectivity index (χ1) is 4.35. The van der Waals surface area contributed by atoms with Crippen molar-refractivity contribution in [1.29, 1.82) is 0 Å². The second-order valence-corrected chi connectivity index (χ2v) is 3.17. The van der Waals surface area contributed by atoms with Gasteiger partial charge in [-0.05, 0) is 6.54 Å². The van der Waals surface area contributed by atoms with E-state index in [1.165, 1.54) is 0 Å². The van der Waals surface area contributed by atoms with Crippen LogP contribution in [0.1, 0.15) is 6.42 Å². The fraction of sp³-hybridized carbons (Fsp3) is 1.00. The molecule has 0 aliphatic rings. The highest BCUT2D eigenvalue weighted by atomic mass is 32.2. The molecule has 0 saturated heterocycles. The second kappa shape index (κ2) is 6.35. The Morgan fingerprint density at radius 2 is 1.89 bits per heavy atom. The average molecular weight is 152 g/mol. The van der Waals surface area contributed by atoms with E-state index < -0.39 is 0 Å². The van der Waals surface area contributed by atoms with Gasteiger partial charge in [-0.1, -0.05) is 0 Å². The zero-order valence-electron chi connectivity index (χ0n) is 5.92.